The van der Waals surface area contributed by atoms with Crippen molar-refractivity contribution < 1.29 is 4.42 Å². The van der Waals surface area contributed by atoms with Gasteiger partial charge in [-0.3, -0.25) is 4.79 Å². The van der Waals surface area contributed by atoms with Crippen LogP contribution >= 0.6 is 11.8 Å². The highest BCUT2D eigenvalue weighted by atomic mass is 32.2. The van der Waals surface area contributed by atoms with E-state index in [9.17, 15) is 4.79 Å². The van der Waals surface area contributed by atoms with E-state index in [1.54, 1.807) is 0 Å². The van der Waals surface area contributed by atoms with Crippen molar-refractivity contribution in [3.8, 4) is 0 Å². The molecule has 1 heterocycles. The maximum atomic E-state index is 11.6. The lowest BCUT2D eigenvalue weighted by molar-refractivity contribution is 0.500. The normalized spacial score (nSPS) is 10.7. The van der Waals surface area contributed by atoms with E-state index in [4.69, 9.17) is 4.42 Å². The summed E-state index contributed by atoms with van der Waals surface area (Å²) in [6.45, 7) is 1.96. The highest BCUT2D eigenvalue weighted by molar-refractivity contribution is 7.98. The summed E-state index contributed by atoms with van der Waals surface area (Å²) in [4.78, 5) is 11.6. The molecule has 3 heteroatoms. The Hall–Kier alpha value is -1.22. The number of benzene rings is 1. The lowest BCUT2D eigenvalue weighted by Gasteiger charge is -2.00. The van der Waals surface area contributed by atoms with E-state index in [0.717, 1.165) is 5.56 Å². The molecule has 0 fully saturated rings. The van der Waals surface area contributed by atoms with Crippen molar-refractivity contribution in [2.45, 2.75) is 12.0 Å². The van der Waals surface area contributed by atoms with E-state index < -0.39 is 0 Å². The lowest BCUT2D eigenvalue weighted by atomic mass is 10.1. The highest BCUT2D eigenvalue weighted by Gasteiger charge is 2.03. The molecule has 14 heavy (non-hydrogen) atoms. The van der Waals surface area contributed by atoms with E-state index >= 15 is 0 Å². The molecular weight excluding hydrogens is 196 g/mol. The Balaban J connectivity index is 2.83. The minimum Gasteiger partial charge on any atom is -0.450 e. The van der Waals surface area contributed by atoms with Crippen LogP contribution in [0.5, 0.6) is 0 Å². The van der Waals surface area contributed by atoms with Crippen LogP contribution in [0.25, 0.3) is 11.0 Å². The molecule has 0 aliphatic heterocycles. The standard InChI is InChI=1S/C11H10O2S/c1-7-3-4-10-8(5-7)9(12)6-11(13-10)14-2/h3-6H,1-2H3. The van der Waals surface area contributed by atoms with Gasteiger partial charge in [-0.1, -0.05) is 23.4 Å². The zero-order chi connectivity index (χ0) is 10.1. The van der Waals surface area contributed by atoms with Crippen LogP contribution in [-0.4, -0.2) is 6.26 Å². The summed E-state index contributed by atoms with van der Waals surface area (Å²) in [5.74, 6) is 0. The van der Waals surface area contributed by atoms with Crippen LogP contribution in [0.4, 0.5) is 0 Å². The molecule has 0 radical (unpaired) electrons. The van der Waals surface area contributed by atoms with E-state index in [1.807, 2.05) is 31.4 Å². The minimum absolute atomic E-state index is 0.0271. The monoisotopic (exact) mass is 206 g/mol. The van der Waals surface area contributed by atoms with Crippen LogP contribution in [0.3, 0.4) is 0 Å². The van der Waals surface area contributed by atoms with E-state index in [1.165, 1.54) is 17.8 Å². The van der Waals surface area contributed by atoms with Crippen LogP contribution in [0.15, 0.2) is 38.6 Å². The number of hydrogen-bond acceptors (Lipinski definition) is 3. The average Bonchev–Trinajstić information content (AvgIpc) is 2.19. The van der Waals surface area contributed by atoms with Crippen molar-refractivity contribution in [2.75, 3.05) is 6.26 Å². The Morgan fingerprint density at radius 3 is 2.79 bits per heavy atom. The number of rotatable bonds is 1. The molecular formula is C11H10O2S. The molecule has 0 spiro atoms. The molecule has 0 saturated carbocycles. The molecule has 0 N–H and O–H groups in total. The highest BCUT2D eigenvalue weighted by Crippen LogP contribution is 2.19. The Kier molecular flexibility index (Phi) is 2.33. The molecule has 0 bridgehead atoms. The lowest BCUT2D eigenvalue weighted by Crippen LogP contribution is -1.99. The van der Waals surface area contributed by atoms with E-state index in [2.05, 4.69) is 0 Å². The Morgan fingerprint density at radius 1 is 1.29 bits per heavy atom. The summed E-state index contributed by atoms with van der Waals surface area (Å²) in [5, 5.41) is 1.31. The van der Waals surface area contributed by atoms with Gasteiger partial charge in [0.15, 0.2) is 10.5 Å². The fraction of sp³-hybridized carbons (Fsp3) is 0.182. The van der Waals surface area contributed by atoms with E-state index in [-0.39, 0.29) is 5.43 Å². The smallest absolute Gasteiger partial charge is 0.193 e. The van der Waals surface area contributed by atoms with Crippen molar-refractivity contribution >= 4 is 22.7 Å². The van der Waals surface area contributed by atoms with Crippen molar-refractivity contribution in [1.82, 2.24) is 0 Å². The summed E-state index contributed by atoms with van der Waals surface area (Å²) in [7, 11) is 0. The van der Waals surface area contributed by atoms with Crippen LogP contribution < -0.4 is 5.43 Å². The summed E-state index contributed by atoms with van der Waals surface area (Å²) in [5.41, 5.74) is 1.76. The number of aryl methyl sites for hydroxylation is 1. The summed E-state index contributed by atoms with van der Waals surface area (Å²) in [6.07, 6.45) is 1.89. The summed E-state index contributed by atoms with van der Waals surface area (Å²) < 4.78 is 5.51. The molecule has 0 atom stereocenters. The van der Waals surface area contributed by atoms with Gasteiger partial charge >= 0.3 is 0 Å². The molecule has 0 saturated heterocycles. The van der Waals surface area contributed by atoms with Gasteiger partial charge in [0.1, 0.15) is 5.58 Å². The second kappa shape index (κ2) is 3.50. The second-order valence-electron chi connectivity index (χ2n) is 3.13. The summed E-state index contributed by atoms with van der Waals surface area (Å²) >= 11 is 1.44. The third kappa shape index (κ3) is 1.55. The fourth-order valence-electron chi connectivity index (χ4n) is 1.35. The quantitative estimate of drug-likeness (QED) is 0.672. The zero-order valence-corrected chi connectivity index (χ0v) is 8.85. The second-order valence-corrected chi connectivity index (χ2v) is 3.94. The zero-order valence-electron chi connectivity index (χ0n) is 8.03. The van der Waals surface area contributed by atoms with Crippen molar-refractivity contribution in [3.05, 3.63) is 40.1 Å². The molecule has 0 unspecified atom stereocenters. The Bertz CT molecular complexity index is 528. The van der Waals surface area contributed by atoms with Gasteiger partial charge in [0.2, 0.25) is 0 Å². The van der Waals surface area contributed by atoms with Crippen LogP contribution in [-0.2, 0) is 0 Å². The van der Waals surface area contributed by atoms with Crippen LogP contribution in [0.1, 0.15) is 5.56 Å². The van der Waals surface area contributed by atoms with Gasteiger partial charge in [-0.15, -0.1) is 0 Å². The fourth-order valence-corrected chi connectivity index (χ4v) is 1.75. The van der Waals surface area contributed by atoms with E-state index in [0.29, 0.717) is 16.1 Å². The number of thioether (sulfide) groups is 1. The van der Waals surface area contributed by atoms with Gasteiger partial charge in [0.05, 0.1) is 5.39 Å². The van der Waals surface area contributed by atoms with Crippen molar-refractivity contribution in [2.24, 2.45) is 0 Å². The number of fused-ring (bicyclic) bond motifs is 1. The molecule has 1 aromatic heterocycles. The SMILES string of the molecule is CSc1cc(=O)c2cc(C)ccc2o1. The third-order valence-corrected chi connectivity index (χ3v) is 2.66. The first kappa shape index (κ1) is 9.34. The van der Waals surface area contributed by atoms with Gasteiger partial charge in [-0.05, 0) is 25.3 Å². The number of hydrogen-bond donors (Lipinski definition) is 0. The van der Waals surface area contributed by atoms with Crippen molar-refractivity contribution in [1.29, 1.82) is 0 Å². The topological polar surface area (TPSA) is 30.2 Å². The third-order valence-electron chi connectivity index (χ3n) is 2.06. The first-order valence-electron chi connectivity index (χ1n) is 4.29. The van der Waals surface area contributed by atoms with Crippen LogP contribution in [0, 0.1) is 6.92 Å². The molecule has 72 valence electrons. The van der Waals surface area contributed by atoms with Gasteiger partial charge in [0, 0.05) is 6.07 Å². The van der Waals surface area contributed by atoms with Gasteiger partial charge in [-0.25, -0.2) is 0 Å². The molecule has 2 rings (SSSR count). The first-order valence-corrected chi connectivity index (χ1v) is 5.51. The Morgan fingerprint density at radius 2 is 2.07 bits per heavy atom. The van der Waals surface area contributed by atoms with Gasteiger partial charge in [-0.2, -0.15) is 0 Å². The maximum Gasteiger partial charge on any atom is 0.193 e. The van der Waals surface area contributed by atoms with Gasteiger partial charge in [0.25, 0.3) is 0 Å². The van der Waals surface area contributed by atoms with Crippen molar-refractivity contribution in [3.63, 3.8) is 0 Å². The largest absolute Gasteiger partial charge is 0.450 e. The molecule has 1 aromatic carbocycles. The van der Waals surface area contributed by atoms with Gasteiger partial charge < -0.3 is 4.42 Å². The predicted octanol–water partition coefficient (Wildman–Crippen LogP) is 2.82. The molecule has 2 nitrogen and oxygen atoms in total. The molecule has 0 aliphatic rings. The molecule has 2 aromatic rings. The van der Waals surface area contributed by atoms with Crippen LogP contribution in [0.2, 0.25) is 0 Å². The summed E-state index contributed by atoms with van der Waals surface area (Å²) in [6, 6.07) is 7.17. The maximum absolute atomic E-state index is 11.6. The minimum atomic E-state index is 0.0271. The molecule has 0 amide bonds. The average molecular weight is 206 g/mol. The predicted molar refractivity (Wildman–Crippen MR) is 59.0 cm³/mol. The first-order chi connectivity index (χ1) is 6.70. The Labute approximate surface area is 85.9 Å². The molecule has 0 aliphatic carbocycles.